The number of carbonyl (C=O) groups excluding carboxylic acids is 1. The molecule has 0 aliphatic carbocycles. The van der Waals surface area contributed by atoms with E-state index in [9.17, 15) is 23.2 Å². The lowest BCUT2D eigenvalue weighted by Gasteiger charge is -2.35. The summed E-state index contributed by atoms with van der Waals surface area (Å²) in [6.45, 7) is 5.44. The molecular formula is C21H21F3N8O. The molecule has 1 aliphatic heterocycles. The van der Waals surface area contributed by atoms with Gasteiger partial charge in [-0.15, -0.1) is 5.10 Å². The summed E-state index contributed by atoms with van der Waals surface area (Å²) in [6, 6.07) is 5.55. The minimum absolute atomic E-state index is 0.0513. The Morgan fingerprint density at radius 3 is 2.58 bits per heavy atom. The molecule has 1 aliphatic rings. The fourth-order valence-corrected chi connectivity index (χ4v) is 3.98. The van der Waals surface area contributed by atoms with Crippen molar-refractivity contribution in [2.45, 2.75) is 32.9 Å². The minimum Gasteiger partial charge on any atom is -0.352 e. The van der Waals surface area contributed by atoms with Crippen LogP contribution in [0.25, 0.3) is 5.78 Å². The summed E-state index contributed by atoms with van der Waals surface area (Å²) in [7, 11) is 0. The van der Waals surface area contributed by atoms with Gasteiger partial charge in [-0.25, -0.2) is 14.5 Å². The highest BCUT2D eigenvalue weighted by atomic mass is 19.4. The van der Waals surface area contributed by atoms with Gasteiger partial charge in [0.1, 0.15) is 11.9 Å². The Bertz CT molecular complexity index is 1240. The van der Waals surface area contributed by atoms with Crippen molar-refractivity contribution in [2.24, 2.45) is 0 Å². The zero-order valence-corrected chi connectivity index (χ0v) is 18.1. The highest BCUT2D eigenvalue weighted by Crippen LogP contribution is 2.27. The van der Waals surface area contributed by atoms with Crippen LogP contribution in [0.5, 0.6) is 0 Å². The van der Waals surface area contributed by atoms with Gasteiger partial charge >= 0.3 is 6.18 Å². The number of fused-ring (bicyclic) bond motifs is 1. The minimum atomic E-state index is -4.66. The van der Waals surface area contributed by atoms with E-state index >= 15 is 0 Å². The van der Waals surface area contributed by atoms with Crippen LogP contribution in [0.15, 0.2) is 18.3 Å². The summed E-state index contributed by atoms with van der Waals surface area (Å²) >= 11 is 0. The number of hydrogen-bond acceptors (Lipinski definition) is 7. The van der Waals surface area contributed by atoms with Crippen LogP contribution in [0.4, 0.5) is 19.0 Å². The van der Waals surface area contributed by atoms with E-state index < -0.39 is 12.0 Å². The first-order valence-corrected chi connectivity index (χ1v) is 10.4. The molecule has 3 aromatic rings. The quantitative estimate of drug-likeness (QED) is 0.591. The Balaban J connectivity index is 1.42. The van der Waals surface area contributed by atoms with Crippen molar-refractivity contribution in [3.8, 4) is 6.07 Å². The van der Waals surface area contributed by atoms with Gasteiger partial charge < -0.3 is 9.80 Å². The molecule has 3 aromatic heterocycles. The lowest BCUT2D eigenvalue weighted by atomic mass is 10.1. The molecule has 1 fully saturated rings. The molecule has 0 N–H and O–H groups in total. The molecule has 0 bridgehead atoms. The maximum atomic E-state index is 13.0. The van der Waals surface area contributed by atoms with Gasteiger partial charge in [-0.2, -0.15) is 23.4 Å². The number of amides is 1. The van der Waals surface area contributed by atoms with E-state index in [4.69, 9.17) is 0 Å². The van der Waals surface area contributed by atoms with E-state index in [-0.39, 0.29) is 18.1 Å². The number of rotatable bonds is 4. The van der Waals surface area contributed by atoms with E-state index in [1.54, 1.807) is 37.1 Å². The van der Waals surface area contributed by atoms with Gasteiger partial charge in [0.05, 0.1) is 5.56 Å². The summed E-state index contributed by atoms with van der Waals surface area (Å²) < 4.78 is 40.0. The number of nitrogens with zero attached hydrogens (tertiary/aromatic N) is 8. The number of hydrogen-bond donors (Lipinski definition) is 0. The third kappa shape index (κ3) is 4.44. The van der Waals surface area contributed by atoms with Crippen molar-refractivity contribution in [1.82, 2.24) is 29.5 Å². The van der Waals surface area contributed by atoms with Gasteiger partial charge in [-0.3, -0.25) is 4.79 Å². The highest BCUT2D eigenvalue weighted by molar-refractivity contribution is 5.77. The van der Waals surface area contributed by atoms with Gasteiger partial charge in [0, 0.05) is 50.2 Å². The average molecular weight is 458 g/mol. The van der Waals surface area contributed by atoms with Gasteiger partial charge in [0.25, 0.3) is 11.6 Å². The summed E-state index contributed by atoms with van der Waals surface area (Å²) in [5, 5.41) is 12.8. The van der Waals surface area contributed by atoms with Crippen LogP contribution >= 0.6 is 0 Å². The molecular weight excluding hydrogens is 437 g/mol. The van der Waals surface area contributed by atoms with Gasteiger partial charge in [-0.1, -0.05) is 0 Å². The van der Waals surface area contributed by atoms with E-state index in [1.807, 2.05) is 4.90 Å². The summed E-state index contributed by atoms with van der Waals surface area (Å²) in [5.74, 6) is -0.792. The smallest absolute Gasteiger partial charge is 0.352 e. The van der Waals surface area contributed by atoms with Crippen molar-refractivity contribution in [1.29, 1.82) is 5.26 Å². The fourth-order valence-electron chi connectivity index (χ4n) is 3.98. The molecule has 9 nitrogen and oxygen atoms in total. The molecule has 4 rings (SSSR count). The molecule has 0 spiro atoms. The number of halogens is 3. The van der Waals surface area contributed by atoms with Crippen LogP contribution in [-0.4, -0.2) is 61.6 Å². The Labute approximate surface area is 187 Å². The number of piperazine rings is 1. The number of nitriles is 1. The first-order valence-electron chi connectivity index (χ1n) is 10.4. The second kappa shape index (κ2) is 8.65. The van der Waals surface area contributed by atoms with Gasteiger partial charge in [0.15, 0.2) is 0 Å². The van der Waals surface area contributed by atoms with Crippen molar-refractivity contribution < 1.29 is 18.0 Å². The predicted octanol–water partition coefficient (Wildman–Crippen LogP) is 2.31. The molecule has 0 radical (unpaired) electrons. The Hall–Kier alpha value is -3.75. The van der Waals surface area contributed by atoms with Crippen LogP contribution in [0.1, 0.15) is 34.8 Å². The second-order valence-electron chi connectivity index (χ2n) is 7.76. The maximum Gasteiger partial charge on any atom is 0.453 e. The number of pyridine rings is 1. The maximum absolute atomic E-state index is 13.0. The lowest BCUT2D eigenvalue weighted by Crippen LogP contribution is -2.49. The zero-order valence-electron chi connectivity index (χ0n) is 18.1. The van der Waals surface area contributed by atoms with Crippen LogP contribution in [0.2, 0.25) is 0 Å². The second-order valence-corrected chi connectivity index (χ2v) is 7.76. The average Bonchev–Trinajstić information content (AvgIpc) is 3.23. The molecule has 1 amide bonds. The fraction of sp³-hybridized carbons (Fsp3) is 0.429. The zero-order chi connectivity index (χ0) is 23.8. The third-order valence-electron chi connectivity index (χ3n) is 5.73. The number of anilines is 1. The van der Waals surface area contributed by atoms with E-state index in [0.29, 0.717) is 60.9 Å². The molecule has 33 heavy (non-hydrogen) atoms. The highest BCUT2D eigenvalue weighted by Gasteiger charge is 2.37. The first kappa shape index (κ1) is 22.4. The van der Waals surface area contributed by atoms with Crippen LogP contribution in [-0.2, 0) is 17.4 Å². The van der Waals surface area contributed by atoms with Crippen molar-refractivity contribution in [3.05, 3.63) is 46.7 Å². The monoisotopic (exact) mass is 458 g/mol. The number of aryl methyl sites for hydroxylation is 2. The van der Waals surface area contributed by atoms with E-state index in [0.717, 1.165) is 4.52 Å². The summed E-state index contributed by atoms with van der Waals surface area (Å²) in [5.41, 5.74) is 2.18. The largest absolute Gasteiger partial charge is 0.453 e. The van der Waals surface area contributed by atoms with Crippen LogP contribution < -0.4 is 4.90 Å². The third-order valence-corrected chi connectivity index (χ3v) is 5.73. The Morgan fingerprint density at radius 2 is 1.91 bits per heavy atom. The summed E-state index contributed by atoms with van der Waals surface area (Å²) in [4.78, 5) is 28.4. The van der Waals surface area contributed by atoms with E-state index in [1.165, 1.54) is 0 Å². The van der Waals surface area contributed by atoms with Gasteiger partial charge in [-0.05, 0) is 38.0 Å². The number of alkyl halides is 3. The van der Waals surface area contributed by atoms with Crippen molar-refractivity contribution >= 4 is 17.5 Å². The number of aromatic nitrogens is 5. The van der Waals surface area contributed by atoms with Crippen LogP contribution in [0, 0.1) is 25.2 Å². The molecule has 1 saturated heterocycles. The number of carbonyl (C=O) groups is 1. The molecule has 0 saturated carbocycles. The normalized spacial score (nSPS) is 14.5. The molecule has 172 valence electrons. The first-order chi connectivity index (χ1) is 15.7. The van der Waals surface area contributed by atoms with Crippen LogP contribution in [0.3, 0.4) is 0 Å². The Kier molecular flexibility index (Phi) is 5.88. The van der Waals surface area contributed by atoms with Crippen molar-refractivity contribution in [3.63, 3.8) is 0 Å². The molecule has 0 unspecified atom stereocenters. The topological polar surface area (TPSA) is 103 Å². The SMILES string of the molecule is Cc1nc2nc(C(F)(F)F)nn2c(C)c1CCC(=O)N1CCN(c2ncccc2C#N)CC1. The lowest BCUT2D eigenvalue weighted by molar-refractivity contribution is -0.144. The van der Waals surface area contributed by atoms with Crippen molar-refractivity contribution in [2.75, 3.05) is 31.1 Å². The van der Waals surface area contributed by atoms with E-state index in [2.05, 4.69) is 26.1 Å². The molecule has 12 heteroatoms. The van der Waals surface area contributed by atoms with Gasteiger partial charge in [0.2, 0.25) is 5.91 Å². The predicted molar refractivity (Wildman–Crippen MR) is 111 cm³/mol. The Morgan fingerprint density at radius 1 is 1.18 bits per heavy atom. The molecule has 0 aromatic carbocycles. The molecule has 4 heterocycles. The standard InChI is InChI=1S/C21H21F3N8O/c1-13-16(14(2)32-20(27-13)28-19(29-32)21(22,23)24)5-6-17(33)30-8-10-31(11-9-30)18-15(12-25)4-3-7-26-18/h3-4,7H,5-6,8-11H2,1-2H3. The molecule has 0 atom stereocenters. The summed E-state index contributed by atoms with van der Waals surface area (Å²) in [6.07, 6.45) is -2.49.